The van der Waals surface area contributed by atoms with E-state index in [-0.39, 0.29) is 27.4 Å². The van der Waals surface area contributed by atoms with E-state index >= 15 is 0 Å². The summed E-state index contributed by atoms with van der Waals surface area (Å²) < 4.78 is 1.67. The molecule has 0 bridgehead atoms. The van der Waals surface area contributed by atoms with E-state index < -0.39 is 10.7 Å². The van der Waals surface area contributed by atoms with E-state index in [1.54, 1.807) is 36.0 Å². The molecule has 0 unspecified atom stereocenters. The number of aryl methyl sites for hydroxylation is 3. The van der Waals surface area contributed by atoms with Crippen LogP contribution in [0.4, 0.5) is 11.4 Å². The average Bonchev–Trinajstić information content (AvgIpc) is 2.76. The first-order valence-corrected chi connectivity index (χ1v) is 11.4. The SMILES string of the molecule is Cc1ccc(NC(=S)/C(=C(\[O-])c2ccc(C)c([N+](=O)[O-])c2)[n+]2ccc(C(C)(C)C)cc2)cc1C. The van der Waals surface area contributed by atoms with Crippen molar-refractivity contribution in [3.05, 3.63) is 98.9 Å². The normalized spacial score (nSPS) is 12.2. The molecule has 0 spiro atoms. The molecular weight excluding hydrogens is 446 g/mol. The first-order valence-electron chi connectivity index (χ1n) is 11.0. The van der Waals surface area contributed by atoms with Crippen LogP contribution in [0.25, 0.3) is 11.5 Å². The summed E-state index contributed by atoms with van der Waals surface area (Å²) in [5, 5.41) is 28.3. The fourth-order valence-electron chi connectivity index (χ4n) is 3.51. The maximum atomic E-state index is 13.7. The number of thiocarbonyl (C=S) groups is 1. The molecule has 34 heavy (non-hydrogen) atoms. The monoisotopic (exact) mass is 475 g/mol. The van der Waals surface area contributed by atoms with E-state index in [0.717, 1.165) is 22.4 Å². The van der Waals surface area contributed by atoms with Crippen molar-refractivity contribution in [1.29, 1.82) is 0 Å². The Balaban J connectivity index is 2.14. The lowest BCUT2D eigenvalue weighted by atomic mass is 9.88. The Morgan fingerprint density at radius 2 is 1.56 bits per heavy atom. The van der Waals surface area contributed by atoms with E-state index in [2.05, 4.69) is 26.1 Å². The standard InChI is InChI=1S/C27H29N3O3S/c1-17-8-10-22(15-19(17)3)28-26(34)24(29-13-11-21(12-14-29)27(4,5)6)25(31)20-9-7-18(2)23(16-20)30(32)33/h7-16H,1-6H3,(H-,28,31,34). The van der Waals surface area contributed by atoms with Crippen LogP contribution in [0.5, 0.6) is 0 Å². The summed E-state index contributed by atoms with van der Waals surface area (Å²) >= 11 is 5.68. The summed E-state index contributed by atoms with van der Waals surface area (Å²) in [4.78, 5) is 11.2. The van der Waals surface area contributed by atoms with Crippen LogP contribution in [0.3, 0.4) is 0 Å². The zero-order valence-corrected chi connectivity index (χ0v) is 21.1. The van der Waals surface area contributed by atoms with Crippen molar-refractivity contribution in [3.63, 3.8) is 0 Å². The topological polar surface area (TPSA) is 82.1 Å². The number of benzene rings is 2. The average molecular weight is 476 g/mol. The summed E-state index contributed by atoms with van der Waals surface area (Å²) in [6.45, 7) is 12.0. The molecule has 7 heteroatoms. The number of nitro benzene ring substituents is 1. The van der Waals surface area contributed by atoms with Crippen molar-refractivity contribution in [3.8, 4) is 0 Å². The molecule has 176 valence electrons. The van der Waals surface area contributed by atoms with Gasteiger partial charge < -0.3 is 10.4 Å². The molecule has 3 rings (SSSR count). The number of anilines is 1. The van der Waals surface area contributed by atoms with Gasteiger partial charge in [0.05, 0.1) is 4.92 Å². The highest BCUT2D eigenvalue weighted by molar-refractivity contribution is 7.81. The predicted octanol–water partition coefficient (Wildman–Crippen LogP) is 5.23. The van der Waals surface area contributed by atoms with Gasteiger partial charge in [0.1, 0.15) is 0 Å². The summed E-state index contributed by atoms with van der Waals surface area (Å²) in [7, 11) is 0. The molecule has 0 saturated carbocycles. The minimum Gasteiger partial charge on any atom is -0.867 e. The van der Waals surface area contributed by atoms with Crippen LogP contribution in [0.2, 0.25) is 0 Å². The molecule has 0 saturated heterocycles. The molecule has 0 fully saturated rings. The third-order valence-electron chi connectivity index (χ3n) is 5.82. The maximum Gasteiger partial charge on any atom is 0.272 e. The smallest absolute Gasteiger partial charge is 0.272 e. The number of hydrogen-bond acceptors (Lipinski definition) is 4. The van der Waals surface area contributed by atoms with E-state index in [1.807, 2.05) is 44.2 Å². The van der Waals surface area contributed by atoms with Gasteiger partial charge in [-0.3, -0.25) is 10.1 Å². The van der Waals surface area contributed by atoms with Gasteiger partial charge in [-0.2, -0.15) is 4.57 Å². The fourth-order valence-corrected chi connectivity index (χ4v) is 3.82. The number of nitro groups is 1. The highest BCUT2D eigenvalue weighted by atomic mass is 32.1. The lowest BCUT2D eigenvalue weighted by Crippen LogP contribution is -2.40. The Morgan fingerprint density at radius 3 is 2.12 bits per heavy atom. The minimum atomic E-state index is -0.483. The van der Waals surface area contributed by atoms with Crippen LogP contribution in [0.1, 0.15) is 48.6 Å². The second-order valence-corrected chi connectivity index (χ2v) is 9.84. The molecule has 1 N–H and O–H groups in total. The van der Waals surface area contributed by atoms with Gasteiger partial charge in [0.2, 0.25) is 5.70 Å². The van der Waals surface area contributed by atoms with Gasteiger partial charge in [0.15, 0.2) is 17.4 Å². The number of nitrogens with zero attached hydrogens (tertiary/aromatic N) is 2. The molecule has 0 amide bonds. The fraction of sp³-hybridized carbons (Fsp3) is 0.259. The number of rotatable bonds is 5. The van der Waals surface area contributed by atoms with Crippen LogP contribution < -0.4 is 15.0 Å². The van der Waals surface area contributed by atoms with E-state index in [0.29, 0.717) is 5.56 Å². The van der Waals surface area contributed by atoms with Gasteiger partial charge in [0.25, 0.3) is 5.69 Å². The first kappa shape index (κ1) is 25.1. The Bertz CT molecular complexity index is 1290. The number of nitrogens with one attached hydrogen (secondary N) is 1. The third-order valence-corrected chi connectivity index (χ3v) is 6.11. The van der Waals surface area contributed by atoms with Crippen LogP contribution >= 0.6 is 12.2 Å². The number of hydrogen-bond donors (Lipinski definition) is 1. The summed E-state index contributed by atoms with van der Waals surface area (Å²) in [6.07, 6.45) is 3.59. The molecular formula is C27H29N3O3S. The highest BCUT2D eigenvalue weighted by Crippen LogP contribution is 2.25. The van der Waals surface area contributed by atoms with E-state index in [1.165, 1.54) is 6.07 Å². The number of aromatic nitrogens is 1. The van der Waals surface area contributed by atoms with Crippen molar-refractivity contribution in [2.75, 3.05) is 5.32 Å². The Morgan fingerprint density at radius 1 is 0.941 bits per heavy atom. The minimum absolute atomic E-state index is 0.0565. The van der Waals surface area contributed by atoms with Crippen molar-refractivity contribution in [2.45, 2.75) is 47.0 Å². The van der Waals surface area contributed by atoms with Crippen LogP contribution in [0, 0.1) is 30.9 Å². The largest absolute Gasteiger partial charge is 0.867 e. The molecule has 0 radical (unpaired) electrons. The molecule has 0 aliphatic rings. The summed E-state index contributed by atoms with van der Waals surface area (Å²) in [6, 6.07) is 14.2. The van der Waals surface area contributed by atoms with Gasteiger partial charge in [-0.25, -0.2) is 0 Å². The van der Waals surface area contributed by atoms with Gasteiger partial charge in [-0.1, -0.05) is 51.2 Å². The van der Waals surface area contributed by atoms with Crippen molar-refractivity contribution in [2.24, 2.45) is 0 Å². The van der Waals surface area contributed by atoms with Crippen molar-refractivity contribution >= 4 is 40.0 Å². The van der Waals surface area contributed by atoms with Crippen LogP contribution in [0.15, 0.2) is 60.9 Å². The molecule has 0 aliphatic carbocycles. The second kappa shape index (κ2) is 9.73. The van der Waals surface area contributed by atoms with Crippen LogP contribution in [-0.4, -0.2) is 9.91 Å². The number of pyridine rings is 1. The first-order chi connectivity index (χ1) is 15.9. The van der Waals surface area contributed by atoms with Gasteiger partial charge in [0, 0.05) is 29.4 Å². The predicted molar refractivity (Wildman–Crippen MR) is 138 cm³/mol. The van der Waals surface area contributed by atoms with E-state index in [4.69, 9.17) is 12.2 Å². The third kappa shape index (κ3) is 5.48. The molecule has 3 aromatic rings. The Kier molecular flexibility index (Phi) is 7.17. The molecule has 0 aliphatic heterocycles. The quantitative estimate of drug-likeness (QED) is 0.136. The summed E-state index contributed by atoms with van der Waals surface area (Å²) in [5.41, 5.74) is 4.85. The van der Waals surface area contributed by atoms with Gasteiger partial charge in [-0.15, -0.1) is 0 Å². The molecule has 1 aromatic heterocycles. The summed E-state index contributed by atoms with van der Waals surface area (Å²) in [5.74, 6) is -0.405. The Hall–Kier alpha value is -3.58. The zero-order valence-electron chi connectivity index (χ0n) is 20.3. The van der Waals surface area contributed by atoms with Gasteiger partial charge in [-0.05, 0) is 66.3 Å². The Labute approximate surface area is 205 Å². The molecule has 0 atom stereocenters. The van der Waals surface area contributed by atoms with Crippen LogP contribution in [-0.2, 0) is 5.41 Å². The van der Waals surface area contributed by atoms with Gasteiger partial charge >= 0.3 is 0 Å². The highest BCUT2D eigenvalue weighted by Gasteiger charge is 2.22. The van der Waals surface area contributed by atoms with E-state index in [9.17, 15) is 15.2 Å². The molecule has 2 aromatic carbocycles. The molecule has 1 heterocycles. The maximum absolute atomic E-state index is 13.7. The zero-order chi connectivity index (χ0) is 25.2. The molecule has 6 nitrogen and oxygen atoms in total. The lowest BCUT2D eigenvalue weighted by Gasteiger charge is -2.20. The van der Waals surface area contributed by atoms with Crippen molar-refractivity contribution < 1.29 is 14.6 Å². The second-order valence-electron chi connectivity index (χ2n) is 9.43. The van der Waals surface area contributed by atoms with Crippen molar-refractivity contribution in [1.82, 2.24) is 0 Å². The lowest BCUT2D eigenvalue weighted by molar-refractivity contribution is -0.577.